The zero-order valence-corrected chi connectivity index (χ0v) is 17.3. The molecular formula is C17H28FIN4O2. The van der Waals surface area contributed by atoms with Gasteiger partial charge in [-0.15, -0.1) is 24.0 Å². The summed E-state index contributed by atoms with van der Waals surface area (Å²) in [4.78, 5) is 15.6. The van der Waals surface area contributed by atoms with Gasteiger partial charge in [-0.3, -0.25) is 9.79 Å². The second-order valence-corrected chi connectivity index (χ2v) is 5.37. The van der Waals surface area contributed by atoms with Crippen molar-refractivity contribution < 1.29 is 13.9 Å². The number of hydrogen-bond acceptors (Lipinski definition) is 3. The van der Waals surface area contributed by atoms with Crippen LogP contribution in [0.25, 0.3) is 0 Å². The molecule has 0 spiro atoms. The Kier molecular flexibility index (Phi) is 12.8. The van der Waals surface area contributed by atoms with Crippen molar-refractivity contribution in [3.8, 4) is 5.75 Å². The largest absolute Gasteiger partial charge is 0.489 e. The Morgan fingerprint density at radius 1 is 1.28 bits per heavy atom. The van der Waals surface area contributed by atoms with Gasteiger partial charge >= 0.3 is 0 Å². The molecule has 1 atom stereocenters. The second kappa shape index (κ2) is 13.7. The number of carbonyl (C=O) groups is 1. The molecule has 0 aliphatic rings. The van der Waals surface area contributed by atoms with Gasteiger partial charge < -0.3 is 20.7 Å². The topological polar surface area (TPSA) is 74.8 Å². The molecule has 0 heterocycles. The van der Waals surface area contributed by atoms with Crippen LogP contribution in [0.4, 0.5) is 4.39 Å². The molecule has 1 aromatic carbocycles. The summed E-state index contributed by atoms with van der Waals surface area (Å²) in [5, 5.41) is 8.99. The van der Waals surface area contributed by atoms with Gasteiger partial charge in [-0.25, -0.2) is 4.39 Å². The molecule has 8 heteroatoms. The average molecular weight is 466 g/mol. The van der Waals surface area contributed by atoms with E-state index in [2.05, 4.69) is 20.9 Å². The predicted molar refractivity (Wildman–Crippen MR) is 109 cm³/mol. The molecule has 0 saturated heterocycles. The van der Waals surface area contributed by atoms with Gasteiger partial charge in [-0.05, 0) is 25.5 Å². The van der Waals surface area contributed by atoms with E-state index < -0.39 is 0 Å². The van der Waals surface area contributed by atoms with Crippen molar-refractivity contribution in [2.24, 2.45) is 4.99 Å². The van der Waals surface area contributed by atoms with Gasteiger partial charge in [0.2, 0.25) is 5.91 Å². The lowest BCUT2D eigenvalue weighted by molar-refractivity contribution is -0.120. The van der Waals surface area contributed by atoms with E-state index in [9.17, 15) is 9.18 Å². The van der Waals surface area contributed by atoms with Gasteiger partial charge in [-0.1, -0.05) is 13.0 Å². The smallest absolute Gasteiger partial charge is 0.221 e. The third-order valence-corrected chi connectivity index (χ3v) is 3.13. The number of hydrogen-bond donors (Lipinski definition) is 3. The van der Waals surface area contributed by atoms with Gasteiger partial charge in [0, 0.05) is 32.6 Å². The number of halogens is 2. The summed E-state index contributed by atoms with van der Waals surface area (Å²) in [5.74, 6) is 0.766. The quantitative estimate of drug-likeness (QED) is 0.297. The summed E-state index contributed by atoms with van der Waals surface area (Å²) in [5.41, 5.74) is 0. The molecule has 1 aromatic rings. The molecular weight excluding hydrogens is 438 g/mol. The number of ether oxygens (including phenoxy) is 1. The lowest BCUT2D eigenvalue weighted by atomic mass is 10.3. The highest BCUT2D eigenvalue weighted by Gasteiger charge is 2.07. The fourth-order valence-electron chi connectivity index (χ4n) is 1.92. The molecule has 6 nitrogen and oxygen atoms in total. The van der Waals surface area contributed by atoms with Crippen molar-refractivity contribution in [1.29, 1.82) is 0 Å². The van der Waals surface area contributed by atoms with Crippen LogP contribution in [-0.2, 0) is 4.79 Å². The highest BCUT2D eigenvalue weighted by molar-refractivity contribution is 14.0. The third kappa shape index (κ3) is 10.8. The first-order valence-electron chi connectivity index (χ1n) is 8.18. The Morgan fingerprint density at radius 3 is 2.68 bits per heavy atom. The Labute approximate surface area is 166 Å². The van der Waals surface area contributed by atoms with E-state index in [0.29, 0.717) is 37.8 Å². The van der Waals surface area contributed by atoms with Crippen molar-refractivity contribution >= 4 is 35.8 Å². The minimum absolute atomic E-state index is 0. The van der Waals surface area contributed by atoms with E-state index in [-0.39, 0.29) is 41.8 Å². The Bertz CT molecular complexity index is 543. The number of rotatable bonds is 9. The molecule has 0 radical (unpaired) electrons. The Morgan fingerprint density at radius 2 is 2.04 bits per heavy atom. The van der Waals surface area contributed by atoms with E-state index in [1.165, 1.54) is 12.1 Å². The molecule has 0 fully saturated rings. The molecule has 1 amide bonds. The van der Waals surface area contributed by atoms with E-state index in [1.54, 1.807) is 19.2 Å². The van der Waals surface area contributed by atoms with Gasteiger partial charge in [0.05, 0.1) is 6.54 Å². The molecule has 0 aromatic heterocycles. The molecule has 1 unspecified atom stereocenters. The van der Waals surface area contributed by atoms with Crippen LogP contribution in [0.5, 0.6) is 5.75 Å². The lowest BCUT2D eigenvalue weighted by Gasteiger charge is -2.17. The van der Waals surface area contributed by atoms with Crippen molar-refractivity contribution in [3.63, 3.8) is 0 Å². The van der Waals surface area contributed by atoms with E-state index >= 15 is 0 Å². The fraction of sp³-hybridized carbons (Fsp3) is 0.529. The van der Waals surface area contributed by atoms with E-state index in [0.717, 1.165) is 6.42 Å². The highest BCUT2D eigenvalue weighted by Crippen LogP contribution is 2.13. The molecule has 0 bridgehead atoms. The van der Waals surface area contributed by atoms with Crippen LogP contribution in [0.2, 0.25) is 0 Å². The maximum absolute atomic E-state index is 13.1. The molecule has 3 N–H and O–H groups in total. The van der Waals surface area contributed by atoms with E-state index in [4.69, 9.17) is 4.74 Å². The monoisotopic (exact) mass is 466 g/mol. The normalized spacial score (nSPS) is 11.9. The first-order valence-corrected chi connectivity index (χ1v) is 8.18. The maximum atomic E-state index is 13.1. The van der Waals surface area contributed by atoms with Crippen molar-refractivity contribution in [3.05, 3.63) is 30.1 Å². The minimum Gasteiger partial charge on any atom is -0.489 e. The minimum atomic E-state index is -0.327. The summed E-state index contributed by atoms with van der Waals surface area (Å²) in [6.45, 7) is 5.58. The van der Waals surface area contributed by atoms with Gasteiger partial charge in [-0.2, -0.15) is 0 Å². The lowest BCUT2D eigenvalue weighted by Crippen LogP contribution is -2.43. The number of aliphatic imine (C=N–C) groups is 1. The Hall–Kier alpha value is -1.58. The summed E-state index contributed by atoms with van der Waals surface area (Å²) >= 11 is 0. The molecule has 0 aliphatic carbocycles. The van der Waals surface area contributed by atoms with Crippen molar-refractivity contribution in [2.75, 3.05) is 26.7 Å². The number of benzene rings is 1. The predicted octanol–water partition coefficient (Wildman–Crippen LogP) is 2.29. The molecule has 142 valence electrons. The number of nitrogens with one attached hydrogen (secondary N) is 3. The molecule has 0 saturated carbocycles. The zero-order chi connectivity index (χ0) is 17.8. The zero-order valence-electron chi connectivity index (χ0n) is 15.0. The molecule has 0 aliphatic heterocycles. The molecule has 1 rings (SSSR count). The second-order valence-electron chi connectivity index (χ2n) is 5.37. The van der Waals surface area contributed by atoms with Crippen molar-refractivity contribution in [1.82, 2.24) is 16.0 Å². The van der Waals surface area contributed by atoms with Crippen molar-refractivity contribution in [2.45, 2.75) is 32.8 Å². The number of amides is 1. The van der Waals surface area contributed by atoms with Crippen LogP contribution in [0, 0.1) is 5.82 Å². The third-order valence-electron chi connectivity index (χ3n) is 3.13. The fourth-order valence-corrected chi connectivity index (χ4v) is 1.92. The van der Waals surface area contributed by atoms with Crippen LogP contribution in [0.1, 0.15) is 26.7 Å². The number of nitrogens with zero attached hydrogens (tertiary/aromatic N) is 1. The standard InChI is InChI=1S/C17H27FN4O2.HI/c1-4-9-20-16(23)8-10-21-17(19-3)22-12-13(2)24-15-7-5-6-14(18)11-15;/h5-7,11,13H,4,8-10,12H2,1-3H3,(H,20,23)(H2,19,21,22);1H. The van der Waals surface area contributed by atoms with Gasteiger partial charge in [0.25, 0.3) is 0 Å². The summed E-state index contributed by atoms with van der Waals surface area (Å²) in [6, 6.07) is 6.03. The number of guanidine groups is 1. The van der Waals surface area contributed by atoms with Crippen LogP contribution in [-0.4, -0.2) is 44.7 Å². The van der Waals surface area contributed by atoms with Gasteiger partial charge in [0.1, 0.15) is 17.7 Å². The van der Waals surface area contributed by atoms with Crippen LogP contribution < -0.4 is 20.7 Å². The van der Waals surface area contributed by atoms with Gasteiger partial charge in [0.15, 0.2) is 5.96 Å². The average Bonchev–Trinajstić information content (AvgIpc) is 2.56. The van der Waals surface area contributed by atoms with Crippen LogP contribution in [0.3, 0.4) is 0 Å². The van der Waals surface area contributed by atoms with Crippen LogP contribution >= 0.6 is 24.0 Å². The maximum Gasteiger partial charge on any atom is 0.221 e. The summed E-state index contributed by atoms with van der Waals surface area (Å²) < 4.78 is 18.7. The SMILES string of the molecule is CCCNC(=O)CCNC(=NC)NCC(C)Oc1cccc(F)c1.I. The highest BCUT2D eigenvalue weighted by atomic mass is 127. The summed E-state index contributed by atoms with van der Waals surface area (Å²) in [6.07, 6.45) is 1.14. The Balaban J connectivity index is 0.00000576. The number of carbonyl (C=O) groups excluding carboxylic acids is 1. The molecule has 25 heavy (non-hydrogen) atoms. The summed E-state index contributed by atoms with van der Waals surface area (Å²) in [7, 11) is 1.66. The first kappa shape index (κ1) is 23.4. The van der Waals surface area contributed by atoms with Crippen LogP contribution in [0.15, 0.2) is 29.3 Å². The first-order chi connectivity index (χ1) is 11.5. The van der Waals surface area contributed by atoms with E-state index in [1.807, 2.05) is 13.8 Å².